The van der Waals surface area contributed by atoms with Gasteiger partial charge in [0.2, 0.25) is 6.79 Å². The highest BCUT2D eigenvalue weighted by Crippen LogP contribution is 2.45. The van der Waals surface area contributed by atoms with Crippen LogP contribution in [0.15, 0.2) is 10.5 Å². The number of hydrogen-bond donors (Lipinski definition) is 2. The molecule has 4 nitrogen and oxygen atoms in total. The van der Waals surface area contributed by atoms with Crippen LogP contribution in [0.3, 0.4) is 0 Å². The molecular formula is C12H14BrNO3. The average Bonchev–Trinajstić information content (AvgIpc) is 2.94. The van der Waals surface area contributed by atoms with Gasteiger partial charge in [0, 0.05) is 17.7 Å². The molecule has 2 N–H and O–H groups in total. The van der Waals surface area contributed by atoms with Crippen molar-refractivity contribution in [3.63, 3.8) is 0 Å². The Kier molecular flexibility index (Phi) is 2.88. The quantitative estimate of drug-likeness (QED) is 0.879. The van der Waals surface area contributed by atoms with Gasteiger partial charge in [0.25, 0.3) is 0 Å². The number of phenols is 1. The zero-order valence-electron chi connectivity index (χ0n) is 9.33. The third-order valence-electron chi connectivity index (χ3n) is 3.30. The molecule has 0 bridgehead atoms. The molecule has 0 aromatic heterocycles. The fourth-order valence-electron chi connectivity index (χ4n) is 2.43. The van der Waals surface area contributed by atoms with Gasteiger partial charge in [0.1, 0.15) is 5.75 Å². The van der Waals surface area contributed by atoms with Gasteiger partial charge in [-0.3, -0.25) is 0 Å². The van der Waals surface area contributed by atoms with Gasteiger partial charge < -0.3 is 19.9 Å². The first-order chi connectivity index (χ1) is 8.25. The third-order valence-corrected chi connectivity index (χ3v) is 3.90. The van der Waals surface area contributed by atoms with Crippen molar-refractivity contribution in [3.8, 4) is 17.2 Å². The zero-order valence-corrected chi connectivity index (χ0v) is 10.9. The Bertz CT molecular complexity index is 444. The summed E-state index contributed by atoms with van der Waals surface area (Å²) >= 11 is 3.34. The molecule has 1 fully saturated rings. The molecule has 2 aliphatic heterocycles. The fourth-order valence-corrected chi connectivity index (χ4v) is 2.88. The van der Waals surface area contributed by atoms with Crippen LogP contribution in [0.4, 0.5) is 0 Å². The lowest BCUT2D eigenvalue weighted by Crippen LogP contribution is -2.23. The lowest BCUT2D eigenvalue weighted by atomic mass is 10.0. The van der Waals surface area contributed by atoms with Gasteiger partial charge in [-0.1, -0.05) is 0 Å². The van der Waals surface area contributed by atoms with Crippen molar-refractivity contribution in [1.82, 2.24) is 5.32 Å². The van der Waals surface area contributed by atoms with E-state index in [1.165, 1.54) is 6.42 Å². The number of nitrogens with one attached hydrogen (secondary N) is 1. The highest BCUT2D eigenvalue weighted by Gasteiger charge is 2.26. The number of aromatic hydroxyl groups is 1. The lowest BCUT2D eigenvalue weighted by Gasteiger charge is -2.14. The predicted octanol–water partition coefficient (Wildman–Crippen LogP) is 2.18. The second-order valence-corrected chi connectivity index (χ2v) is 5.27. The van der Waals surface area contributed by atoms with E-state index in [0.29, 0.717) is 22.0 Å². The van der Waals surface area contributed by atoms with Crippen LogP contribution in [-0.2, 0) is 6.42 Å². The van der Waals surface area contributed by atoms with E-state index < -0.39 is 0 Å². The third kappa shape index (κ3) is 1.98. The van der Waals surface area contributed by atoms with Crippen LogP contribution in [-0.4, -0.2) is 24.5 Å². The minimum Gasteiger partial charge on any atom is -0.506 e. The highest BCUT2D eigenvalue weighted by atomic mass is 79.9. The van der Waals surface area contributed by atoms with Crippen LogP contribution in [0, 0.1) is 0 Å². The van der Waals surface area contributed by atoms with E-state index in [-0.39, 0.29) is 12.5 Å². The molecule has 0 amide bonds. The first-order valence-corrected chi connectivity index (χ1v) is 6.58. The maximum atomic E-state index is 10.1. The lowest BCUT2D eigenvalue weighted by molar-refractivity contribution is 0.173. The first-order valence-electron chi connectivity index (χ1n) is 5.79. The molecule has 2 heterocycles. The molecule has 5 heteroatoms. The van der Waals surface area contributed by atoms with Crippen LogP contribution in [0.1, 0.15) is 18.4 Å². The molecule has 2 aliphatic rings. The number of phenolic OH excluding ortho intramolecular Hbond substituents is 1. The summed E-state index contributed by atoms with van der Waals surface area (Å²) in [4.78, 5) is 0. The van der Waals surface area contributed by atoms with Crippen LogP contribution >= 0.6 is 15.9 Å². The van der Waals surface area contributed by atoms with Crippen LogP contribution in [0.25, 0.3) is 0 Å². The van der Waals surface area contributed by atoms with Gasteiger partial charge in [0.15, 0.2) is 11.5 Å². The van der Waals surface area contributed by atoms with Crippen LogP contribution in [0.2, 0.25) is 0 Å². The maximum Gasteiger partial charge on any atom is 0.231 e. The topological polar surface area (TPSA) is 50.7 Å². The summed E-state index contributed by atoms with van der Waals surface area (Å²) in [5.74, 6) is 1.67. The van der Waals surface area contributed by atoms with E-state index >= 15 is 0 Å². The molecule has 0 radical (unpaired) electrons. The minimum absolute atomic E-state index is 0.232. The van der Waals surface area contributed by atoms with Crippen LogP contribution < -0.4 is 14.8 Å². The van der Waals surface area contributed by atoms with E-state index in [9.17, 15) is 5.11 Å². The SMILES string of the molecule is Oc1c(Br)cc2c(c1CC1CCCN1)OCO2. The second kappa shape index (κ2) is 4.38. The van der Waals surface area contributed by atoms with Crippen LogP contribution in [0.5, 0.6) is 17.2 Å². The number of ether oxygens (including phenoxy) is 2. The maximum absolute atomic E-state index is 10.1. The minimum atomic E-state index is 0.232. The molecule has 0 aliphatic carbocycles. The van der Waals surface area contributed by atoms with Crippen molar-refractivity contribution in [2.75, 3.05) is 13.3 Å². The van der Waals surface area contributed by atoms with Gasteiger partial charge in [-0.25, -0.2) is 0 Å². The smallest absolute Gasteiger partial charge is 0.231 e. The summed E-state index contributed by atoms with van der Waals surface area (Å²) in [6.07, 6.45) is 3.11. The number of halogens is 1. The number of hydrogen-bond acceptors (Lipinski definition) is 4. The summed E-state index contributed by atoms with van der Waals surface area (Å²) in [6.45, 7) is 1.29. The molecular weight excluding hydrogens is 286 g/mol. The molecule has 1 unspecified atom stereocenters. The molecule has 0 spiro atoms. The summed E-state index contributed by atoms with van der Waals surface area (Å²) < 4.78 is 11.5. The monoisotopic (exact) mass is 299 g/mol. The summed E-state index contributed by atoms with van der Waals surface area (Å²) in [7, 11) is 0. The summed E-state index contributed by atoms with van der Waals surface area (Å²) in [5.41, 5.74) is 0.839. The van der Waals surface area contributed by atoms with Crippen molar-refractivity contribution in [1.29, 1.82) is 0 Å². The number of fused-ring (bicyclic) bond motifs is 1. The van der Waals surface area contributed by atoms with Crippen molar-refractivity contribution < 1.29 is 14.6 Å². The predicted molar refractivity (Wildman–Crippen MR) is 66.7 cm³/mol. The molecule has 0 saturated carbocycles. The Hall–Kier alpha value is -0.940. The Morgan fingerprint density at radius 2 is 2.35 bits per heavy atom. The fraction of sp³-hybridized carbons (Fsp3) is 0.500. The van der Waals surface area contributed by atoms with Gasteiger partial charge >= 0.3 is 0 Å². The van der Waals surface area contributed by atoms with Gasteiger partial charge in [-0.2, -0.15) is 0 Å². The van der Waals surface area contributed by atoms with E-state index in [4.69, 9.17) is 9.47 Å². The van der Waals surface area contributed by atoms with Gasteiger partial charge in [-0.15, -0.1) is 0 Å². The second-order valence-electron chi connectivity index (χ2n) is 4.42. The van der Waals surface area contributed by atoms with Gasteiger partial charge in [-0.05, 0) is 41.7 Å². The molecule has 92 valence electrons. The first kappa shape index (κ1) is 11.2. The van der Waals surface area contributed by atoms with E-state index in [1.54, 1.807) is 6.07 Å². The van der Waals surface area contributed by atoms with Crippen molar-refractivity contribution in [3.05, 3.63) is 16.1 Å². The molecule has 1 aromatic rings. The summed E-state index contributed by atoms with van der Waals surface area (Å²) in [5, 5.41) is 13.5. The molecule has 3 rings (SSSR count). The molecule has 1 saturated heterocycles. The number of benzene rings is 1. The van der Waals surface area contributed by atoms with E-state index in [1.807, 2.05) is 0 Å². The summed E-state index contributed by atoms with van der Waals surface area (Å²) in [6, 6.07) is 2.17. The normalized spacial score (nSPS) is 22.1. The van der Waals surface area contributed by atoms with E-state index in [0.717, 1.165) is 24.9 Å². The highest BCUT2D eigenvalue weighted by molar-refractivity contribution is 9.10. The zero-order chi connectivity index (χ0) is 11.8. The molecule has 1 aromatic carbocycles. The van der Waals surface area contributed by atoms with Crippen molar-refractivity contribution in [2.24, 2.45) is 0 Å². The van der Waals surface area contributed by atoms with Crippen molar-refractivity contribution >= 4 is 15.9 Å². The molecule has 1 atom stereocenters. The Morgan fingerprint density at radius 3 is 3.12 bits per heavy atom. The average molecular weight is 300 g/mol. The van der Waals surface area contributed by atoms with Crippen molar-refractivity contribution in [2.45, 2.75) is 25.3 Å². The van der Waals surface area contributed by atoms with Gasteiger partial charge in [0.05, 0.1) is 4.47 Å². The Morgan fingerprint density at radius 1 is 1.47 bits per heavy atom. The number of rotatable bonds is 2. The Labute approximate surface area is 108 Å². The largest absolute Gasteiger partial charge is 0.506 e. The molecule has 17 heavy (non-hydrogen) atoms. The van der Waals surface area contributed by atoms with E-state index in [2.05, 4.69) is 21.2 Å². The Balaban J connectivity index is 1.96. The standard InChI is InChI=1S/C12H14BrNO3/c13-9-5-10-12(17-6-16-10)8(11(9)15)4-7-2-1-3-14-7/h5,7,14-15H,1-4,6H2.